The lowest BCUT2D eigenvalue weighted by atomic mass is 10.0. The van der Waals surface area contributed by atoms with Crippen molar-refractivity contribution in [2.45, 2.75) is 39.3 Å². The highest BCUT2D eigenvalue weighted by Crippen LogP contribution is 2.28. The van der Waals surface area contributed by atoms with Gasteiger partial charge in [-0.2, -0.15) is 0 Å². The molecule has 14 heteroatoms. The summed E-state index contributed by atoms with van der Waals surface area (Å²) in [6, 6.07) is 18.7. The molecular formula is C33H36FN7O5S. The Morgan fingerprint density at radius 2 is 1.72 bits per heavy atom. The minimum absolute atomic E-state index is 0.0958. The number of nitrogens with zero attached hydrogens (tertiary/aromatic N) is 4. The number of pyridine rings is 2. The van der Waals surface area contributed by atoms with Gasteiger partial charge in [-0.1, -0.05) is 12.1 Å². The lowest BCUT2D eigenvalue weighted by Gasteiger charge is -2.38. The van der Waals surface area contributed by atoms with Crippen LogP contribution < -0.4 is 25.4 Å². The van der Waals surface area contributed by atoms with E-state index in [0.29, 0.717) is 66.9 Å². The van der Waals surface area contributed by atoms with Crippen LogP contribution >= 0.6 is 0 Å². The van der Waals surface area contributed by atoms with Crippen LogP contribution in [0.5, 0.6) is 11.6 Å². The number of hydrogen-bond acceptors (Lipinski definition) is 8. The van der Waals surface area contributed by atoms with Crippen molar-refractivity contribution in [3.05, 3.63) is 101 Å². The van der Waals surface area contributed by atoms with Gasteiger partial charge in [-0.3, -0.25) is 19.3 Å². The smallest absolute Gasteiger partial charge is 0.326 e. The molecule has 5 rings (SSSR count). The van der Waals surface area contributed by atoms with Crippen LogP contribution in [0.3, 0.4) is 0 Å². The molecule has 4 N–H and O–H groups in total. The number of nitrogens with one attached hydrogen (secondary N) is 2. The number of rotatable bonds is 10. The zero-order valence-corrected chi connectivity index (χ0v) is 27.1. The summed E-state index contributed by atoms with van der Waals surface area (Å²) in [5, 5.41) is 2.87. The van der Waals surface area contributed by atoms with Crippen LogP contribution in [0.25, 0.3) is 0 Å². The van der Waals surface area contributed by atoms with Crippen LogP contribution in [-0.4, -0.2) is 60.6 Å². The van der Waals surface area contributed by atoms with Crippen molar-refractivity contribution in [3.63, 3.8) is 0 Å². The van der Waals surface area contributed by atoms with E-state index >= 15 is 0 Å². The van der Waals surface area contributed by atoms with Gasteiger partial charge in [0.05, 0.1) is 17.6 Å². The molecule has 0 radical (unpaired) electrons. The molecule has 0 bridgehead atoms. The zero-order valence-electron chi connectivity index (χ0n) is 26.2. The van der Waals surface area contributed by atoms with E-state index in [1.165, 1.54) is 18.2 Å². The highest BCUT2D eigenvalue weighted by molar-refractivity contribution is 7.92. The molecule has 12 nitrogen and oxygen atoms in total. The number of amides is 3. The second-order valence-corrected chi connectivity index (χ2v) is 13.1. The van der Waals surface area contributed by atoms with Crippen molar-refractivity contribution < 1.29 is 27.1 Å². The maximum Gasteiger partial charge on any atom is 0.326 e. The number of sulfonamides is 1. The lowest BCUT2D eigenvalue weighted by molar-refractivity contribution is 0.0995. The number of carbonyl (C=O) groups is 2. The summed E-state index contributed by atoms with van der Waals surface area (Å²) in [6.45, 7) is 5.63. The fourth-order valence-corrected chi connectivity index (χ4v) is 5.98. The number of aryl methyl sites for hydroxylation is 2. The average Bonchev–Trinajstić information content (AvgIpc) is 3.01. The SMILES string of the molecule is Cc1nc(Oc2ccc(NS(C)(=O)=O)cc2)ccc1CN1CCC(N(C(=O)Nc2ccc(C(N)=O)nc2C)c2cccc(F)c2)CC1. The summed E-state index contributed by atoms with van der Waals surface area (Å²) < 4.78 is 45.4. The van der Waals surface area contributed by atoms with Crippen molar-refractivity contribution in [3.8, 4) is 11.6 Å². The Kier molecular flexibility index (Phi) is 10.0. The Hall–Kier alpha value is -5.08. The fourth-order valence-electron chi connectivity index (χ4n) is 5.42. The van der Waals surface area contributed by atoms with Crippen molar-refractivity contribution in [2.75, 3.05) is 34.3 Å². The summed E-state index contributed by atoms with van der Waals surface area (Å²) in [5.41, 5.74) is 9.01. The first-order chi connectivity index (χ1) is 22.3. The second-order valence-electron chi connectivity index (χ2n) is 11.4. The predicted molar refractivity (Wildman–Crippen MR) is 178 cm³/mol. The Bertz CT molecular complexity index is 1880. The molecule has 0 saturated carbocycles. The Morgan fingerprint density at radius 3 is 2.34 bits per heavy atom. The van der Waals surface area contributed by atoms with Gasteiger partial charge < -0.3 is 15.8 Å². The van der Waals surface area contributed by atoms with E-state index in [2.05, 4.69) is 24.9 Å². The van der Waals surface area contributed by atoms with E-state index in [9.17, 15) is 22.4 Å². The summed E-state index contributed by atoms with van der Waals surface area (Å²) in [7, 11) is -3.37. The molecule has 47 heavy (non-hydrogen) atoms. The highest BCUT2D eigenvalue weighted by atomic mass is 32.2. The molecular weight excluding hydrogens is 625 g/mol. The molecule has 2 aromatic heterocycles. The van der Waals surface area contributed by atoms with Gasteiger partial charge >= 0.3 is 6.03 Å². The minimum Gasteiger partial charge on any atom is -0.439 e. The van der Waals surface area contributed by atoms with E-state index in [4.69, 9.17) is 10.5 Å². The standard InChI is InChI=1S/C33H36FN7O5S/c1-21-23(7-14-31(37-21)46-28-10-8-25(9-11-28)39-47(3,44)45)20-40-17-15-26(16-18-40)41(27-6-4-5-24(34)19-27)33(43)38-29-12-13-30(32(35)42)36-22(29)2/h4-14,19,26,39H,15-18,20H2,1-3H3,(H2,35,42)(H,38,43). The van der Waals surface area contributed by atoms with Crippen LogP contribution in [0.15, 0.2) is 72.8 Å². The van der Waals surface area contributed by atoms with Crippen LogP contribution in [0.4, 0.5) is 26.2 Å². The van der Waals surface area contributed by atoms with Crippen molar-refractivity contribution in [2.24, 2.45) is 5.73 Å². The van der Waals surface area contributed by atoms with E-state index in [-0.39, 0.29) is 11.7 Å². The van der Waals surface area contributed by atoms with Crippen LogP contribution in [-0.2, 0) is 16.6 Å². The topological polar surface area (TPSA) is 160 Å². The summed E-state index contributed by atoms with van der Waals surface area (Å²) in [4.78, 5) is 37.8. The molecule has 1 aliphatic rings. The largest absolute Gasteiger partial charge is 0.439 e. The van der Waals surface area contributed by atoms with Gasteiger partial charge in [0.1, 0.15) is 17.3 Å². The van der Waals surface area contributed by atoms with E-state index in [0.717, 1.165) is 17.5 Å². The van der Waals surface area contributed by atoms with Gasteiger partial charge in [0.2, 0.25) is 15.9 Å². The number of ether oxygens (including phenoxy) is 1. The second kappa shape index (κ2) is 14.1. The van der Waals surface area contributed by atoms with E-state index in [1.807, 2.05) is 13.0 Å². The molecule has 1 fully saturated rings. The van der Waals surface area contributed by atoms with Gasteiger partial charge in [-0.25, -0.2) is 27.6 Å². The number of anilines is 3. The third-order valence-corrected chi connectivity index (χ3v) is 8.36. The molecule has 2 aromatic carbocycles. The molecule has 0 unspecified atom stereocenters. The van der Waals surface area contributed by atoms with Gasteiger partial charge in [0.25, 0.3) is 5.91 Å². The monoisotopic (exact) mass is 661 g/mol. The van der Waals surface area contributed by atoms with Gasteiger partial charge in [-0.15, -0.1) is 0 Å². The van der Waals surface area contributed by atoms with Crippen molar-refractivity contribution >= 4 is 39.0 Å². The maximum atomic E-state index is 14.3. The number of primary amides is 1. The predicted octanol–water partition coefficient (Wildman–Crippen LogP) is 5.20. The molecule has 3 heterocycles. The molecule has 246 valence electrons. The van der Waals surface area contributed by atoms with E-state index in [1.54, 1.807) is 60.4 Å². The molecule has 0 atom stereocenters. The van der Waals surface area contributed by atoms with Gasteiger partial charge in [-0.05, 0) is 86.8 Å². The first-order valence-electron chi connectivity index (χ1n) is 14.9. The van der Waals surface area contributed by atoms with Gasteiger partial charge in [0, 0.05) is 48.8 Å². The third-order valence-electron chi connectivity index (χ3n) is 7.75. The Balaban J connectivity index is 1.22. The van der Waals surface area contributed by atoms with Crippen LogP contribution in [0, 0.1) is 19.7 Å². The minimum atomic E-state index is -3.37. The third kappa shape index (κ3) is 8.80. The molecule has 0 spiro atoms. The number of hydrogen-bond donors (Lipinski definition) is 3. The number of piperidine rings is 1. The number of halogens is 1. The number of likely N-dealkylation sites (tertiary alicyclic amines) is 1. The number of carbonyl (C=O) groups excluding carboxylic acids is 2. The molecule has 1 saturated heterocycles. The maximum absolute atomic E-state index is 14.3. The van der Waals surface area contributed by atoms with Crippen molar-refractivity contribution in [1.29, 1.82) is 0 Å². The molecule has 3 amide bonds. The lowest BCUT2D eigenvalue weighted by Crippen LogP contribution is -2.49. The zero-order chi connectivity index (χ0) is 33.7. The first kappa shape index (κ1) is 33.3. The molecule has 0 aliphatic carbocycles. The number of urea groups is 1. The number of benzene rings is 2. The number of nitrogens with two attached hydrogens (primary N) is 1. The molecule has 1 aliphatic heterocycles. The highest BCUT2D eigenvalue weighted by Gasteiger charge is 2.30. The average molecular weight is 662 g/mol. The first-order valence-corrected chi connectivity index (χ1v) is 16.8. The Morgan fingerprint density at radius 1 is 1.00 bits per heavy atom. The quantitative estimate of drug-likeness (QED) is 0.209. The normalized spacial score (nSPS) is 14.0. The summed E-state index contributed by atoms with van der Waals surface area (Å²) >= 11 is 0. The fraction of sp³-hybridized carbons (Fsp3) is 0.273. The van der Waals surface area contributed by atoms with Gasteiger partial charge in [0.15, 0.2) is 0 Å². The number of aromatic nitrogens is 2. The van der Waals surface area contributed by atoms with Crippen LogP contribution in [0.1, 0.15) is 40.3 Å². The Labute approximate surface area is 272 Å². The summed E-state index contributed by atoms with van der Waals surface area (Å²) in [5.74, 6) is -0.173. The van der Waals surface area contributed by atoms with E-state index < -0.39 is 27.8 Å². The van der Waals surface area contributed by atoms with Crippen LogP contribution in [0.2, 0.25) is 0 Å². The van der Waals surface area contributed by atoms with Crippen molar-refractivity contribution in [1.82, 2.24) is 14.9 Å². The molecule has 4 aromatic rings. The summed E-state index contributed by atoms with van der Waals surface area (Å²) in [6.07, 6.45) is 2.39.